The van der Waals surface area contributed by atoms with Gasteiger partial charge in [-0.05, 0) is 0 Å². The van der Waals surface area contributed by atoms with Crippen LogP contribution in [0, 0.1) is 34.0 Å². The van der Waals surface area contributed by atoms with Gasteiger partial charge in [-0.2, -0.15) is 31.2 Å². The minimum Gasteiger partial charge on any atom is -0.197 e. The first-order chi connectivity index (χ1) is 6.33. The van der Waals surface area contributed by atoms with Gasteiger partial charge in [0, 0.05) is 0 Å². The van der Waals surface area contributed by atoms with Gasteiger partial charge in [-0.3, -0.25) is 0 Å². The standard InChI is InChI=1S/C7H2N6/c8-1-5(2-9)6(3-10)7-4-11-13-12-7/h4H,(H,11,12,13). The van der Waals surface area contributed by atoms with Gasteiger partial charge in [0.05, 0.1) is 6.20 Å². The summed E-state index contributed by atoms with van der Waals surface area (Å²) >= 11 is 0. The van der Waals surface area contributed by atoms with Gasteiger partial charge in [-0.15, -0.1) is 0 Å². The second-order valence-electron chi connectivity index (χ2n) is 1.94. The van der Waals surface area contributed by atoms with Crippen molar-refractivity contribution in [3.63, 3.8) is 0 Å². The fourth-order valence-electron chi connectivity index (χ4n) is 0.700. The van der Waals surface area contributed by atoms with Crippen LogP contribution >= 0.6 is 0 Å². The molecule has 1 aromatic heterocycles. The SMILES string of the molecule is N#CC(C#N)=C(C#N)c1cn[nH]n1. The molecule has 0 aliphatic rings. The second-order valence-corrected chi connectivity index (χ2v) is 1.94. The van der Waals surface area contributed by atoms with E-state index in [0.29, 0.717) is 0 Å². The van der Waals surface area contributed by atoms with E-state index in [1.54, 1.807) is 18.2 Å². The molecule has 60 valence electrons. The number of nitriles is 3. The molecule has 13 heavy (non-hydrogen) atoms. The highest BCUT2D eigenvalue weighted by molar-refractivity contribution is 5.82. The Hall–Kier alpha value is -2.65. The minimum absolute atomic E-state index is 0.0706. The summed E-state index contributed by atoms with van der Waals surface area (Å²) in [5.41, 5.74) is -0.143. The number of aromatic nitrogens is 3. The predicted molar refractivity (Wildman–Crippen MR) is 40.1 cm³/mol. The Morgan fingerprint density at radius 1 is 1.23 bits per heavy atom. The minimum atomic E-state index is -0.267. The average molecular weight is 170 g/mol. The first-order valence-electron chi connectivity index (χ1n) is 3.14. The Labute approximate surface area is 73.3 Å². The first-order valence-corrected chi connectivity index (χ1v) is 3.14. The van der Waals surface area contributed by atoms with Gasteiger partial charge in [-0.25, -0.2) is 0 Å². The maximum atomic E-state index is 8.64. The zero-order valence-corrected chi connectivity index (χ0v) is 6.31. The highest BCUT2D eigenvalue weighted by Gasteiger charge is 2.10. The van der Waals surface area contributed by atoms with Crippen LogP contribution in [0.5, 0.6) is 0 Å². The highest BCUT2D eigenvalue weighted by atomic mass is 15.3. The van der Waals surface area contributed by atoms with Gasteiger partial charge >= 0.3 is 0 Å². The Bertz CT molecular complexity index is 431. The Morgan fingerprint density at radius 3 is 2.31 bits per heavy atom. The molecule has 0 saturated carbocycles. The largest absolute Gasteiger partial charge is 0.197 e. The lowest BCUT2D eigenvalue weighted by molar-refractivity contribution is 0.936. The molecule has 1 N–H and O–H groups in total. The van der Waals surface area contributed by atoms with E-state index in [4.69, 9.17) is 15.8 Å². The molecular formula is C7H2N6. The molecule has 0 fully saturated rings. The summed E-state index contributed by atoms with van der Waals surface area (Å²) in [5, 5.41) is 34.9. The molecule has 0 aliphatic heterocycles. The van der Waals surface area contributed by atoms with Crippen molar-refractivity contribution in [2.24, 2.45) is 0 Å². The van der Waals surface area contributed by atoms with Crippen molar-refractivity contribution in [1.29, 1.82) is 15.8 Å². The molecule has 0 atom stereocenters. The number of allylic oxidation sites excluding steroid dienone is 2. The quantitative estimate of drug-likeness (QED) is 0.601. The lowest BCUT2D eigenvalue weighted by Crippen LogP contribution is -1.86. The molecule has 6 nitrogen and oxygen atoms in total. The smallest absolute Gasteiger partial charge is 0.149 e. The van der Waals surface area contributed by atoms with E-state index in [2.05, 4.69) is 15.4 Å². The molecule has 0 unspecified atom stereocenters. The lowest BCUT2D eigenvalue weighted by Gasteiger charge is -1.87. The molecule has 0 aromatic carbocycles. The molecule has 1 heterocycles. The van der Waals surface area contributed by atoms with E-state index in [1.807, 2.05) is 0 Å². The van der Waals surface area contributed by atoms with Crippen molar-refractivity contribution < 1.29 is 0 Å². The normalized spacial score (nSPS) is 7.77. The zero-order valence-electron chi connectivity index (χ0n) is 6.31. The summed E-state index contributed by atoms with van der Waals surface area (Å²) in [6.45, 7) is 0. The molecule has 1 rings (SSSR count). The number of nitrogens with one attached hydrogen (secondary N) is 1. The fourth-order valence-corrected chi connectivity index (χ4v) is 0.700. The molecule has 0 bridgehead atoms. The van der Waals surface area contributed by atoms with Gasteiger partial charge in [0.1, 0.15) is 35.0 Å². The highest BCUT2D eigenvalue weighted by Crippen LogP contribution is 2.12. The number of nitrogens with zero attached hydrogens (tertiary/aromatic N) is 5. The van der Waals surface area contributed by atoms with Crippen LogP contribution in [0.3, 0.4) is 0 Å². The van der Waals surface area contributed by atoms with Gasteiger partial charge in [0.15, 0.2) is 0 Å². The summed E-state index contributed by atoms with van der Waals surface area (Å²) in [5.74, 6) is 0. The van der Waals surface area contributed by atoms with Crippen LogP contribution in [0.4, 0.5) is 0 Å². The maximum Gasteiger partial charge on any atom is 0.149 e. The summed E-state index contributed by atoms with van der Waals surface area (Å²) < 4.78 is 0. The first kappa shape index (κ1) is 8.45. The Kier molecular flexibility index (Phi) is 2.38. The van der Waals surface area contributed by atoms with E-state index in [-0.39, 0.29) is 16.8 Å². The summed E-state index contributed by atoms with van der Waals surface area (Å²) in [7, 11) is 0. The number of H-pyrrole nitrogens is 1. The van der Waals surface area contributed by atoms with Crippen molar-refractivity contribution in [2.75, 3.05) is 0 Å². The van der Waals surface area contributed by atoms with Crippen molar-refractivity contribution in [2.45, 2.75) is 0 Å². The number of aromatic amines is 1. The summed E-state index contributed by atoms with van der Waals surface area (Å²) in [6, 6.07) is 4.93. The number of hydrogen-bond donors (Lipinski definition) is 1. The Morgan fingerprint density at radius 2 is 1.92 bits per heavy atom. The molecule has 6 heteroatoms. The second kappa shape index (κ2) is 3.66. The monoisotopic (exact) mass is 170 g/mol. The van der Waals surface area contributed by atoms with Gasteiger partial charge < -0.3 is 0 Å². The van der Waals surface area contributed by atoms with Crippen LogP contribution in [0.15, 0.2) is 11.8 Å². The van der Waals surface area contributed by atoms with Crippen LogP contribution in [-0.4, -0.2) is 15.4 Å². The Balaban J connectivity index is 3.32. The molecular weight excluding hydrogens is 168 g/mol. The van der Waals surface area contributed by atoms with Crippen molar-refractivity contribution in [1.82, 2.24) is 15.4 Å². The van der Waals surface area contributed by atoms with E-state index < -0.39 is 0 Å². The molecule has 0 radical (unpaired) electrons. The van der Waals surface area contributed by atoms with E-state index in [9.17, 15) is 0 Å². The van der Waals surface area contributed by atoms with Gasteiger partial charge in [0.2, 0.25) is 0 Å². The third kappa shape index (κ3) is 1.50. The van der Waals surface area contributed by atoms with Crippen LogP contribution in [0.1, 0.15) is 5.69 Å². The summed E-state index contributed by atoms with van der Waals surface area (Å²) in [6.07, 6.45) is 1.27. The predicted octanol–water partition coefficient (Wildman–Crippen LogP) is 0.129. The van der Waals surface area contributed by atoms with Crippen LogP contribution in [-0.2, 0) is 0 Å². The molecule has 1 aromatic rings. The maximum absolute atomic E-state index is 8.64. The zero-order chi connectivity index (χ0) is 9.68. The van der Waals surface area contributed by atoms with Crippen LogP contribution in [0.25, 0.3) is 5.57 Å². The average Bonchev–Trinajstić information content (AvgIpc) is 2.66. The number of rotatable bonds is 1. The third-order valence-electron chi connectivity index (χ3n) is 1.26. The molecule has 0 amide bonds. The van der Waals surface area contributed by atoms with Crippen LogP contribution in [0.2, 0.25) is 0 Å². The van der Waals surface area contributed by atoms with Crippen molar-refractivity contribution in [3.05, 3.63) is 17.5 Å². The summed E-state index contributed by atoms with van der Waals surface area (Å²) in [4.78, 5) is 0. The third-order valence-corrected chi connectivity index (χ3v) is 1.26. The number of hydrogen-bond acceptors (Lipinski definition) is 5. The van der Waals surface area contributed by atoms with E-state index in [1.165, 1.54) is 6.20 Å². The van der Waals surface area contributed by atoms with Crippen molar-refractivity contribution >= 4 is 5.57 Å². The molecule has 0 spiro atoms. The van der Waals surface area contributed by atoms with E-state index >= 15 is 0 Å². The van der Waals surface area contributed by atoms with Gasteiger partial charge in [-0.1, -0.05) is 0 Å². The van der Waals surface area contributed by atoms with Crippen LogP contribution < -0.4 is 0 Å². The van der Waals surface area contributed by atoms with E-state index in [0.717, 1.165) is 0 Å². The molecule has 0 saturated heterocycles. The fraction of sp³-hybridized carbons (Fsp3) is 0. The topological polar surface area (TPSA) is 113 Å². The molecule has 0 aliphatic carbocycles. The lowest BCUT2D eigenvalue weighted by atomic mass is 10.1. The van der Waals surface area contributed by atoms with Crippen molar-refractivity contribution in [3.8, 4) is 18.2 Å². The van der Waals surface area contributed by atoms with Gasteiger partial charge in [0.25, 0.3) is 0 Å².